The number of carboxylic acid groups (broad SMARTS) is 1. The Bertz CT molecular complexity index is 1220. The summed E-state index contributed by atoms with van der Waals surface area (Å²) < 4.78 is 11.4. The van der Waals surface area contributed by atoms with Crippen molar-refractivity contribution < 1.29 is 24.2 Å². The lowest BCUT2D eigenvalue weighted by Gasteiger charge is -2.39. The number of ether oxygens (including phenoxy) is 2. The van der Waals surface area contributed by atoms with E-state index in [2.05, 4.69) is 23.7 Å². The number of nitrogens with zero attached hydrogens (tertiary/aromatic N) is 2. The Balaban J connectivity index is 1.59. The molecule has 2 fully saturated rings. The Labute approximate surface area is 235 Å². The minimum atomic E-state index is -1.02. The number of anilines is 1. The van der Waals surface area contributed by atoms with Crippen molar-refractivity contribution in [3.8, 4) is 23.5 Å². The third kappa shape index (κ3) is 7.54. The summed E-state index contributed by atoms with van der Waals surface area (Å²) in [6, 6.07) is 5.33. The summed E-state index contributed by atoms with van der Waals surface area (Å²) in [5, 5.41) is 10.1. The Hall–Kier alpha value is -3.05. The smallest absolute Gasteiger partial charge is 0.348 e. The number of hydrogen-bond acceptors (Lipinski definition) is 6. The zero-order valence-electron chi connectivity index (χ0n) is 23.7. The van der Waals surface area contributed by atoms with E-state index >= 15 is 0 Å². The van der Waals surface area contributed by atoms with Crippen LogP contribution in [0.4, 0.5) is 5.69 Å². The van der Waals surface area contributed by atoms with Crippen molar-refractivity contribution >= 4 is 28.9 Å². The van der Waals surface area contributed by atoms with Gasteiger partial charge in [-0.2, -0.15) is 0 Å². The summed E-state index contributed by atoms with van der Waals surface area (Å²) in [6.45, 7) is 8.30. The van der Waals surface area contributed by atoms with Gasteiger partial charge in [0.15, 0.2) is 0 Å². The van der Waals surface area contributed by atoms with Crippen LogP contribution in [0.15, 0.2) is 24.4 Å². The van der Waals surface area contributed by atoms with Crippen LogP contribution in [0, 0.1) is 29.1 Å². The first-order chi connectivity index (χ1) is 18.5. The zero-order valence-corrected chi connectivity index (χ0v) is 24.5. The minimum Gasteiger partial charge on any atom is -0.490 e. The highest BCUT2D eigenvalue weighted by Crippen LogP contribution is 2.39. The van der Waals surface area contributed by atoms with Crippen LogP contribution in [-0.2, 0) is 4.79 Å². The molecule has 2 aromatic rings. The van der Waals surface area contributed by atoms with E-state index in [1.807, 2.05) is 37.8 Å². The van der Waals surface area contributed by atoms with Crippen LogP contribution in [0.1, 0.15) is 93.6 Å². The number of carbonyl (C=O) groups excluding carboxylic acids is 1. The van der Waals surface area contributed by atoms with Gasteiger partial charge in [-0.05, 0) is 90.2 Å². The monoisotopic (exact) mass is 552 g/mol. The van der Waals surface area contributed by atoms with Crippen LogP contribution < -0.4 is 14.4 Å². The van der Waals surface area contributed by atoms with Crippen molar-refractivity contribution in [2.45, 2.75) is 91.2 Å². The van der Waals surface area contributed by atoms with E-state index in [0.717, 1.165) is 62.7 Å². The molecular formula is C31H40N2O5S. The maximum absolute atomic E-state index is 14.1. The predicted octanol–water partition coefficient (Wildman–Crippen LogP) is 6.80. The number of pyridine rings is 1. The topological polar surface area (TPSA) is 89.0 Å². The quantitative estimate of drug-likeness (QED) is 0.380. The highest BCUT2D eigenvalue weighted by atomic mass is 32.1. The molecule has 0 spiro atoms. The number of aromatic nitrogens is 1. The van der Waals surface area contributed by atoms with Crippen molar-refractivity contribution in [3.63, 3.8) is 0 Å². The third-order valence-electron chi connectivity index (χ3n) is 7.56. The highest BCUT2D eigenvalue weighted by molar-refractivity contribution is 7.15. The molecule has 0 radical (unpaired) electrons. The van der Waals surface area contributed by atoms with Crippen LogP contribution in [0.25, 0.3) is 0 Å². The van der Waals surface area contributed by atoms with Gasteiger partial charge in [0.05, 0.1) is 23.8 Å². The Morgan fingerprint density at radius 3 is 2.38 bits per heavy atom. The predicted molar refractivity (Wildman–Crippen MR) is 154 cm³/mol. The summed E-state index contributed by atoms with van der Waals surface area (Å²) in [5.41, 5.74) is 0.288. The number of carboxylic acids is 1. The SMILES string of the molecule is COc1cc(OC2CCC(N(C(=O)C3CCC(C)CC3)c3cc(C#CC(C)(C)C)sc3C(=O)O)CC2)ccn1. The van der Waals surface area contributed by atoms with E-state index in [9.17, 15) is 14.7 Å². The summed E-state index contributed by atoms with van der Waals surface area (Å²) in [6.07, 6.45) is 8.43. The fraction of sp³-hybridized carbons (Fsp3) is 0.581. The van der Waals surface area contributed by atoms with Crippen molar-refractivity contribution in [2.75, 3.05) is 12.0 Å². The van der Waals surface area contributed by atoms with Crippen LogP contribution in [0.5, 0.6) is 11.6 Å². The molecule has 4 rings (SSSR count). The fourth-order valence-corrected chi connectivity index (χ4v) is 6.25. The van der Waals surface area contributed by atoms with Gasteiger partial charge in [-0.25, -0.2) is 9.78 Å². The molecule has 39 heavy (non-hydrogen) atoms. The Morgan fingerprint density at radius 2 is 1.77 bits per heavy atom. The standard InChI is InChI=1S/C31H40N2O5S/c1-20-6-8-21(9-7-20)29(34)33(26-19-25(14-16-31(2,3)4)39-28(26)30(35)36)22-10-12-23(13-11-22)38-24-15-17-32-27(18-24)37-5/h15,17-23H,6-13H2,1-5H3,(H,35,36). The molecule has 0 atom stereocenters. The van der Waals surface area contributed by atoms with Crippen molar-refractivity contribution in [3.05, 3.63) is 34.2 Å². The van der Waals surface area contributed by atoms with Gasteiger partial charge in [-0.15, -0.1) is 11.3 Å². The van der Waals surface area contributed by atoms with Gasteiger partial charge in [0.1, 0.15) is 10.6 Å². The van der Waals surface area contributed by atoms with Gasteiger partial charge >= 0.3 is 5.97 Å². The average molecular weight is 553 g/mol. The fourth-order valence-electron chi connectivity index (χ4n) is 5.41. The van der Waals surface area contributed by atoms with E-state index < -0.39 is 5.97 Å². The van der Waals surface area contributed by atoms with Crippen molar-refractivity contribution in [2.24, 2.45) is 17.3 Å². The molecule has 2 saturated carbocycles. The normalized spacial score (nSPS) is 23.3. The molecule has 1 amide bonds. The van der Waals surface area contributed by atoms with Crippen molar-refractivity contribution in [1.29, 1.82) is 0 Å². The lowest BCUT2D eigenvalue weighted by atomic mass is 9.81. The molecule has 2 heterocycles. The van der Waals surface area contributed by atoms with Crippen LogP contribution in [0.3, 0.4) is 0 Å². The van der Waals surface area contributed by atoms with Gasteiger partial charge in [0.2, 0.25) is 11.8 Å². The lowest BCUT2D eigenvalue weighted by molar-refractivity contribution is -0.124. The molecular weight excluding hydrogens is 512 g/mol. The molecule has 2 aliphatic carbocycles. The molecule has 0 unspecified atom stereocenters. The molecule has 0 aliphatic heterocycles. The van der Waals surface area contributed by atoms with E-state index in [1.165, 1.54) is 0 Å². The first-order valence-electron chi connectivity index (χ1n) is 13.9. The summed E-state index contributed by atoms with van der Waals surface area (Å²) in [4.78, 5) is 33.3. The average Bonchev–Trinajstić information content (AvgIpc) is 3.33. The molecule has 1 N–H and O–H groups in total. The number of thiophene rings is 1. The molecule has 0 aromatic carbocycles. The van der Waals surface area contributed by atoms with Crippen LogP contribution in [-0.4, -0.2) is 41.2 Å². The largest absolute Gasteiger partial charge is 0.490 e. The molecule has 8 heteroatoms. The van der Waals surface area contributed by atoms with Gasteiger partial charge in [-0.3, -0.25) is 4.79 Å². The molecule has 0 saturated heterocycles. The summed E-state index contributed by atoms with van der Waals surface area (Å²) in [5.74, 6) is 7.16. The molecule has 210 valence electrons. The van der Waals surface area contributed by atoms with Gasteiger partial charge in [0, 0.05) is 29.6 Å². The van der Waals surface area contributed by atoms with E-state index in [1.54, 1.807) is 19.4 Å². The lowest BCUT2D eigenvalue weighted by Crippen LogP contribution is -2.47. The third-order valence-corrected chi connectivity index (χ3v) is 8.58. The Kier molecular flexibility index (Phi) is 9.22. The molecule has 2 aromatic heterocycles. The van der Waals surface area contributed by atoms with Gasteiger partial charge < -0.3 is 19.5 Å². The second-order valence-electron chi connectivity index (χ2n) is 11.9. The van der Waals surface area contributed by atoms with Crippen molar-refractivity contribution in [1.82, 2.24) is 4.98 Å². The van der Waals surface area contributed by atoms with Gasteiger partial charge in [-0.1, -0.05) is 18.8 Å². The number of amides is 1. The first-order valence-corrected chi connectivity index (χ1v) is 14.8. The van der Waals surface area contributed by atoms with Crippen LogP contribution in [0.2, 0.25) is 0 Å². The summed E-state index contributed by atoms with van der Waals surface area (Å²) >= 11 is 1.16. The van der Waals surface area contributed by atoms with Gasteiger partial charge in [0.25, 0.3) is 0 Å². The van der Waals surface area contributed by atoms with E-state index in [0.29, 0.717) is 28.1 Å². The number of carbonyl (C=O) groups is 2. The summed E-state index contributed by atoms with van der Waals surface area (Å²) in [7, 11) is 1.58. The number of hydrogen-bond donors (Lipinski definition) is 1. The maximum Gasteiger partial charge on any atom is 0.348 e. The second kappa shape index (κ2) is 12.4. The maximum atomic E-state index is 14.1. The number of aromatic carboxylic acids is 1. The zero-order chi connectivity index (χ0) is 28.2. The van der Waals surface area contributed by atoms with E-state index in [-0.39, 0.29) is 34.3 Å². The van der Waals surface area contributed by atoms with E-state index in [4.69, 9.17) is 9.47 Å². The Morgan fingerprint density at radius 1 is 1.08 bits per heavy atom. The first kappa shape index (κ1) is 28.9. The number of rotatable bonds is 7. The number of methoxy groups -OCH3 is 1. The second-order valence-corrected chi connectivity index (χ2v) is 12.9. The minimum absolute atomic E-state index is 0.00969. The van der Waals surface area contributed by atoms with Crippen LogP contribution >= 0.6 is 11.3 Å². The highest BCUT2D eigenvalue weighted by Gasteiger charge is 2.37. The molecule has 0 bridgehead atoms. The molecule has 2 aliphatic rings. The molecule has 7 nitrogen and oxygen atoms in total.